The van der Waals surface area contributed by atoms with Gasteiger partial charge < -0.3 is 10.1 Å². The number of anilines is 1. The van der Waals surface area contributed by atoms with Gasteiger partial charge in [0.05, 0.1) is 0 Å². The summed E-state index contributed by atoms with van der Waals surface area (Å²) in [6.07, 6.45) is 1.59. The zero-order chi connectivity index (χ0) is 15.9. The van der Waals surface area contributed by atoms with Gasteiger partial charge in [0.25, 0.3) is 5.91 Å². The maximum Gasteiger partial charge on any atom is 0.262 e. The number of nitrogens with one attached hydrogen (secondary N) is 1. The fraction of sp³-hybridized carbons (Fsp3) is 0.222. The van der Waals surface area contributed by atoms with Crippen LogP contribution in [0.5, 0.6) is 5.75 Å². The van der Waals surface area contributed by atoms with E-state index in [1.807, 2.05) is 32.0 Å². The molecule has 2 rings (SSSR count). The summed E-state index contributed by atoms with van der Waals surface area (Å²) in [5, 5.41) is 2.90. The van der Waals surface area contributed by atoms with E-state index in [4.69, 9.17) is 4.74 Å². The van der Waals surface area contributed by atoms with Gasteiger partial charge >= 0.3 is 0 Å². The predicted molar refractivity (Wildman–Crippen MR) is 86.5 cm³/mol. The first-order chi connectivity index (χ1) is 10.6. The molecule has 0 saturated carbocycles. The van der Waals surface area contributed by atoms with Crippen LogP contribution in [0.25, 0.3) is 0 Å². The Labute approximate surface area is 130 Å². The maximum absolute atomic E-state index is 12.1. The lowest BCUT2D eigenvalue weighted by Crippen LogP contribution is -2.21. The largest absolute Gasteiger partial charge is 0.484 e. The van der Waals surface area contributed by atoms with Crippen LogP contribution in [0.1, 0.15) is 28.4 Å². The molecule has 4 nitrogen and oxygen atoms in total. The lowest BCUT2D eigenvalue weighted by atomic mass is 10.1. The number of carbonyl (C=O) groups is 2. The highest BCUT2D eigenvalue weighted by Crippen LogP contribution is 2.21. The summed E-state index contributed by atoms with van der Waals surface area (Å²) < 4.78 is 5.42. The van der Waals surface area contributed by atoms with Crippen LogP contribution in [-0.4, -0.2) is 18.8 Å². The SMILES string of the molecule is CCc1cccc(C)c1NC(=O)COc1cccc(C=O)c1. The Bertz CT molecular complexity index is 680. The van der Waals surface area contributed by atoms with E-state index < -0.39 is 0 Å². The Morgan fingerprint density at radius 3 is 2.73 bits per heavy atom. The standard InChI is InChI=1S/C18H19NO3/c1-3-15-8-4-6-13(2)18(15)19-17(21)12-22-16-9-5-7-14(10-16)11-20/h4-11H,3,12H2,1-2H3,(H,19,21). The summed E-state index contributed by atoms with van der Waals surface area (Å²) in [7, 11) is 0. The molecule has 114 valence electrons. The van der Waals surface area contributed by atoms with E-state index in [2.05, 4.69) is 5.32 Å². The van der Waals surface area contributed by atoms with Crippen LogP contribution in [-0.2, 0) is 11.2 Å². The van der Waals surface area contributed by atoms with Crippen LogP contribution in [0, 0.1) is 6.92 Å². The number of aldehydes is 1. The summed E-state index contributed by atoms with van der Waals surface area (Å²) >= 11 is 0. The molecule has 0 spiro atoms. The number of hydrogen-bond donors (Lipinski definition) is 1. The van der Waals surface area contributed by atoms with E-state index in [1.54, 1.807) is 24.3 Å². The first-order valence-electron chi connectivity index (χ1n) is 7.20. The van der Waals surface area contributed by atoms with E-state index in [9.17, 15) is 9.59 Å². The van der Waals surface area contributed by atoms with Gasteiger partial charge in [-0.15, -0.1) is 0 Å². The Hall–Kier alpha value is -2.62. The van der Waals surface area contributed by atoms with Crippen molar-refractivity contribution < 1.29 is 14.3 Å². The van der Waals surface area contributed by atoms with E-state index in [0.29, 0.717) is 11.3 Å². The minimum Gasteiger partial charge on any atom is -0.484 e. The number of rotatable bonds is 6. The molecule has 2 aromatic rings. The van der Waals surface area contributed by atoms with Gasteiger partial charge in [-0.3, -0.25) is 9.59 Å². The third-order valence-electron chi connectivity index (χ3n) is 3.37. The van der Waals surface area contributed by atoms with Gasteiger partial charge in [0.15, 0.2) is 6.61 Å². The molecule has 0 aliphatic carbocycles. The molecule has 0 aromatic heterocycles. The summed E-state index contributed by atoms with van der Waals surface area (Å²) in [5.74, 6) is 0.278. The van der Waals surface area contributed by atoms with Crippen molar-refractivity contribution in [2.45, 2.75) is 20.3 Å². The number of ether oxygens (including phenoxy) is 1. The predicted octanol–water partition coefficient (Wildman–Crippen LogP) is 3.39. The molecule has 0 unspecified atom stereocenters. The molecule has 1 N–H and O–H groups in total. The molecule has 0 aliphatic rings. The highest BCUT2D eigenvalue weighted by molar-refractivity contribution is 5.93. The van der Waals surface area contributed by atoms with Crippen molar-refractivity contribution in [3.05, 3.63) is 59.2 Å². The lowest BCUT2D eigenvalue weighted by molar-refractivity contribution is -0.118. The van der Waals surface area contributed by atoms with Crippen molar-refractivity contribution in [1.82, 2.24) is 0 Å². The van der Waals surface area contributed by atoms with E-state index >= 15 is 0 Å². The number of hydrogen-bond acceptors (Lipinski definition) is 3. The molecule has 2 aromatic carbocycles. The summed E-state index contributed by atoms with van der Waals surface area (Å²) in [6, 6.07) is 12.6. The smallest absolute Gasteiger partial charge is 0.262 e. The van der Waals surface area contributed by atoms with Gasteiger partial charge in [0.1, 0.15) is 12.0 Å². The van der Waals surface area contributed by atoms with Gasteiger partial charge in [-0.25, -0.2) is 0 Å². The van der Waals surface area contributed by atoms with Gasteiger partial charge in [-0.05, 0) is 36.6 Å². The average Bonchev–Trinajstić information content (AvgIpc) is 2.55. The topological polar surface area (TPSA) is 55.4 Å². The van der Waals surface area contributed by atoms with Crippen LogP contribution < -0.4 is 10.1 Å². The normalized spacial score (nSPS) is 10.1. The molecular formula is C18H19NO3. The van der Waals surface area contributed by atoms with E-state index in [-0.39, 0.29) is 12.5 Å². The quantitative estimate of drug-likeness (QED) is 0.832. The molecule has 0 radical (unpaired) electrons. The highest BCUT2D eigenvalue weighted by atomic mass is 16.5. The Kier molecular flexibility index (Phi) is 5.31. The summed E-state index contributed by atoms with van der Waals surface area (Å²) in [5.41, 5.74) is 3.48. The number of aryl methyl sites for hydroxylation is 2. The number of carbonyl (C=O) groups excluding carboxylic acids is 2. The van der Waals surface area contributed by atoms with E-state index in [0.717, 1.165) is 29.5 Å². The molecule has 0 fully saturated rings. The van der Waals surface area contributed by atoms with Crippen LogP contribution in [0.2, 0.25) is 0 Å². The third-order valence-corrected chi connectivity index (χ3v) is 3.37. The maximum atomic E-state index is 12.1. The summed E-state index contributed by atoms with van der Waals surface area (Å²) in [6.45, 7) is 3.91. The van der Waals surface area contributed by atoms with Crippen LogP contribution >= 0.6 is 0 Å². The minimum atomic E-state index is -0.222. The second kappa shape index (κ2) is 7.41. The second-order valence-corrected chi connectivity index (χ2v) is 4.99. The molecule has 4 heteroatoms. The molecule has 0 saturated heterocycles. The van der Waals surface area contributed by atoms with Gasteiger partial charge in [-0.1, -0.05) is 37.3 Å². The average molecular weight is 297 g/mol. The molecule has 0 atom stereocenters. The molecule has 1 amide bonds. The van der Waals surface area contributed by atoms with Gasteiger partial charge in [0.2, 0.25) is 0 Å². The molecule has 0 heterocycles. The number of benzene rings is 2. The van der Waals surface area contributed by atoms with Gasteiger partial charge in [-0.2, -0.15) is 0 Å². The fourth-order valence-electron chi connectivity index (χ4n) is 2.20. The van der Waals surface area contributed by atoms with Crippen molar-refractivity contribution in [2.24, 2.45) is 0 Å². The first kappa shape index (κ1) is 15.8. The van der Waals surface area contributed by atoms with Crippen molar-refractivity contribution in [1.29, 1.82) is 0 Å². The molecule has 0 bridgehead atoms. The highest BCUT2D eigenvalue weighted by Gasteiger charge is 2.09. The van der Waals surface area contributed by atoms with E-state index in [1.165, 1.54) is 0 Å². The molecule has 22 heavy (non-hydrogen) atoms. The van der Waals surface area contributed by atoms with Crippen LogP contribution in [0.15, 0.2) is 42.5 Å². The Morgan fingerprint density at radius 2 is 2.00 bits per heavy atom. The van der Waals surface area contributed by atoms with Crippen molar-refractivity contribution in [2.75, 3.05) is 11.9 Å². The zero-order valence-corrected chi connectivity index (χ0v) is 12.8. The fourth-order valence-corrected chi connectivity index (χ4v) is 2.20. The lowest BCUT2D eigenvalue weighted by Gasteiger charge is -2.13. The summed E-state index contributed by atoms with van der Waals surface area (Å²) in [4.78, 5) is 22.8. The van der Waals surface area contributed by atoms with Crippen molar-refractivity contribution in [3.8, 4) is 5.75 Å². The second-order valence-electron chi connectivity index (χ2n) is 4.99. The number of para-hydroxylation sites is 1. The Balaban J connectivity index is 2.00. The Morgan fingerprint density at radius 1 is 1.23 bits per heavy atom. The third kappa shape index (κ3) is 3.95. The monoisotopic (exact) mass is 297 g/mol. The molecular weight excluding hydrogens is 278 g/mol. The van der Waals surface area contributed by atoms with Crippen LogP contribution in [0.3, 0.4) is 0 Å². The van der Waals surface area contributed by atoms with Gasteiger partial charge in [0, 0.05) is 11.3 Å². The first-order valence-corrected chi connectivity index (χ1v) is 7.20. The van der Waals surface area contributed by atoms with Crippen molar-refractivity contribution >= 4 is 17.9 Å². The van der Waals surface area contributed by atoms with Crippen molar-refractivity contribution in [3.63, 3.8) is 0 Å². The van der Waals surface area contributed by atoms with Crippen LogP contribution in [0.4, 0.5) is 5.69 Å². The molecule has 0 aliphatic heterocycles. The zero-order valence-electron chi connectivity index (χ0n) is 12.8. The number of amides is 1. The minimum absolute atomic E-state index is 0.0974.